The van der Waals surface area contributed by atoms with Gasteiger partial charge in [0, 0.05) is 24.3 Å². The van der Waals surface area contributed by atoms with Crippen LogP contribution in [0, 0.1) is 13.8 Å². The molecule has 1 aromatic carbocycles. The lowest BCUT2D eigenvalue weighted by atomic mass is 10.2. The van der Waals surface area contributed by atoms with Crippen molar-refractivity contribution < 1.29 is 4.74 Å². The van der Waals surface area contributed by atoms with Gasteiger partial charge in [0.2, 0.25) is 5.88 Å². The van der Waals surface area contributed by atoms with Gasteiger partial charge in [-0.25, -0.2) is 4.98 Å². The number of ether oxygens (including phenoxy) is 1. The Kier molecular flexibility index (Phi) is 3.70. The van der Waals surface area contributed by atoms with E-state index in [1.807, 2.05) is 44.3 Å². The van der Waals surface area contributed by atoms with Crippen molar-refractivity contribution in [3.8, 4) is 11.6 Å². The van der Waals surface area contributed by atoms with Gasteiger partial charge in [0.1, 0.15) is 5.75 Å². The Balaban J connectivity index is 1.71. The Morgan fingerprint density at radius 1 is 1.20 bits per heavy atom. The van der Waals surface area contributed by atoms with Gasteiger partial charge in [0.25, 0.3) is 0 Å². The van der Waals surface area contributed by atoms with E-state index in [1.54, 1.807) is 0 Å². The maximum Gasteiger partial charge on any atom is 0.222 e. The molecule has 0 radical (unpaired) electrons. The number of aromatic nitrogens is 1. The van der Waals surface area contributed by atoms with Crippen LogP contribution >= 0.6 is 0 Å². The second kappa shape index (κ2) is 5.63. The number of para-hydroxylation sites is 1. The van der Waals surface area contributed by atoms with E-state index in [2.05, 4.69) is 16.4 Å². The van der Waals surface area contributed by atoms with E-state index in [9.17, 15) is 0 Å². The maximum atomic E-state index is 5.90. The number of hydrogen-bond donors (Lipinski definition) is 1. The summed E-state index contributed by atoms with van der Waals surface area (Å²) in [5, 5.41) is 3.50. The fourth-order valence-electron chi connectivity index (χ4n) is 2.15. The van der Waals surface area contributed by atoms with Crippen LogP contribution in [0.2, 0.25) is 0 Å². The van der Waals surface area contributed by atoms with Gasteiger partial charge in [-0.15, -0.1) is 0 Å². The summed E-state index contributed by atoms with van der Waals surface area (Å²) in [6, 6.07) is 10.9. The molecule has 1 aliphatic rings. The normalized spacial score (nSPS) is 14.3. The van der Waals surface area contributed by atoms with E-state index in [4.69, 9.17) is 4.74 Å². The molecular weight excluding hydrogens is 248 g/mol. The zero-order chi connectivity index (χ0) is 13.9. The summed E-state index contributed by atoms with van der Waals surface area (Å²) in [4.78, 5) is 4.45. The van der Waals surface area contributed by atoms with Gasteiger partial charge >= 0.3 is 0 Å². The zero-order valence-corrected chi connectivity index (χ0v) is 12.0. The first-order valence-corrected chi connectivity index (χ1v) is 7.15. The first kappa shape index (κ1) is 13.1. The second-order valence-corrected chi connectivity index (χ2v) is 5.49. The Bertz CT molecular complexity index is 606. The summed E-state index contributed by atoms with van der Waals surface area (Å²) in [6.07, 6.45) is 4.51. The molecule has 2 aromatic rings. The fraction of sp³-hybridized carbons (Fsp3) is 0.353. The Morgan fingerprint density at radius 2 is 2.00 bits per heavy atom. The molecule has 0 saturated heterocycles. The first-order valence-electron chi connectivity index (χ1n) is 7.15. The van der Waals surface area contributed by atoms with E-state index < -0.39 is 0 Å². The van der Waals surface area contributed by atoms with Crippen LogP contribution < -0.4 is 10.1 Å². The lowest BCUT2D eigenvalue weighted by Gasteiger charge is -2.11. The molecule has 3 rings (SSSR count). The molecular formula is C17H20N2O. The third kappa shape index (κ3) is 3.17. The Labute approximate surface area is 120 Å². The molecule has 0 unspecified atom stereocenters. The number of benzene rings is 1. The zero-order valence-electron chi connectivity index (χ0n) is 12.0. The highest BCUT2D eigenvalue weighted by molar-refractivity contribution is 5.37. The number of pyridine rings is 1. The second-order valence-electron chi connectivity index (χ2n) is 5.49. The van der Waals surface area contributed by atoms with Gasteiger partial charge in [-0.05, 0) is 49.9 Å². The van der Waals surface area contributed by atoms with Crippen LogP contribution in [0.3, 0.4) is 0 Å². The van der Waals surface area contributed by atoms with Crippen molar-refractivity contribution in [1.29, 1.82) is 0 Å². The van der Waals surface area contributed by atoms with Gasteiger partial charge in [0.15, 0.2) is 0 Å². The number of rotatable bonds is 5. The van der Waals surface area contributed by atoms with Crippen LogP contribution in [-0.2, 0) is 6.54 Å². The molecule has 0 amide bonds. The summed E-state index contributed by atoms with van der Waals surface area (Å²) >= 11 is 0. The van der Waals surface area contributed by atoms with Crippen molar-refractivity contribution in [2.75, 3.05) is 0 Å². The van der Waals surface area contributed by atoms with Crippen molar-refractivity contribution in [3.05, 3.63) is 53.2 Å². The molecule has 3 nitrogen and oxygen atoms in total. The summed E-state index contributed by atoms with van der Waals surface area (Å²) < 4.78 is 5.90. The number of nitrogens with one attached hydrogen (secondary N) is 1. The predicted octanol–water partition coefficient (Wildman–Crippen LogP) is 3.74. The molecule has 1 N–H and O–H groups in total. The highest BCUT2D eigenvalue weighted by Gasteiger charge is 2.20. The van der Waals surface area contributed by atoms with Crippen LogP contribution in [0.4, 0.5) is 0 Å². The molecule has 104 valence electrons. The molecule has 0 atom stereocenters. The highest BCUT2D eigenvalue weighted by Crippen LogP contribution is 2.26. The minimum atomic E-state index is 0.689. The SMILES string of the molecule is Cc1ccccc1Oc1ncc(CNC2CC2)cc1C. The van der Waals surface area contributed by atoms with Crippen molar-refractivity contribution in [3.63, 3.8) is 0 Å². The first-order chi connectivity index (χ1) is 9.72. The minimum absolute atomic E-state index is 0.689. The van der Waals surface area contributed by atoms with E-state index >= 15 is 0 Å². The molecule has 0 spiro atoms. The van der Waals surface area contributed by atoms with Crippen LogP contribution in [-0.4, -0.2) is 11.0 Å². The maximum absolute atomic E-state index is 5.90. The molecule has 1 aliphatic carbocycles. The Hall–Kier alpha value is -1.87. The minimum Gasteiger partial charge on any atom is -0.438 e. The van der Waals surface area contributed by atoms with Gasteiger partial charge in [-0.2, -0.15) is 0 Å². The topological polar surface area (TPSA) is 34.1 Å². The molecule has 0 bridgehead atoms. The van der Waals surface area contributed by atoms with E-state index in [0.717, 1.165) is 29.5 Å². The van der Waals surface area contributed by atoms with Gasteiger partial charge < -0.3 is 10.1 Å². The molecule has 1 heterocycles. The molecule has 1 fully saturated rings. The molecule has 1 saturated carbocycles. The number of aryl methyl sites for hydroxylation is 2. The van der Waals surface area contributed by atoms with Crippen molar-refractivity contribution in [2.24, 2.45) is 0 Å². The third-order valence-corrected chi connectivity index (χ3v) is 3.56. The van der Waals surface area contributed by atoms with Gasteiger partial charge in [-0.3, -0.25) is 0 Å². The van der Waals surface area contributed by atoms with E-state index in [0.29, 0.717) is 5.88 Å². The molecule has 3 heteroatoms. The number of nitrogens with zero attached hydrogens (tertiary/aromatic N) is 1. The van der Waals surface area contributed by atoms with E-state index in [-0.39, 0.29) is 0 Å². The van der Waals surface area contributed by atoms with Crippen molar-refractivity contribution >= 4 is 0 Å². The van der Waals surface area contributed by atoms with E-state index in [1.165, 1.54) is 18.4 Å². The monoisotopic (exact) mass is 268 g/mol. The third-order valence-electron chi connectivity index (χ3n) is 3.56. The molecule has 20 heavy (non-hydrogen) atoms. The highest BCUT2D eigenvalue weighted by atomic mass is 16.5. The van der Waals surface area contributed by atoms with Crippen molar-refractivity contribution in [2.45, 2.75) is 39.3 Å². The van der Waals surface area contributed by atoms with Crippen LogP contribution in [0.15, 0.2) is 36.5 Å². The summed E-state index contributed by atoms with van der Waals surface area (Å²) in [6.45, 7) is 4.98. The van der Waals surface area contributed by atoms with Crippen molar-refractivity contribution in [1.82, 2.24) is 10.3 Å². The fourth-order valence-corrected chi connectivity index (χ4v) is 2.15. The average Bonchev–Trinajstić information content (AvgIpc) is 3.26. The average molecular weight is 268 g/mol. The Morgan fingerprint density at radius 3 is 2.70 bits per heavy atom. The van der Waals surface area contributed by atoms with Gasteiger partial charge in [0.05, 0.1) is 0 Å². The quantitative estimate of drug-likeness (QED) is 0.897. The standard InChI is InChI=1S/C17H20N2O/c1-12-5-3-4-6-16(12)20-17-13(2)9-14(11-19-17)10-18-15-7-8-15/h3-6,9,11,15,18H,7-8,10H2,1-2H3. The summed E-state index contributed by atoms with van der Waals surface area (Å²) in [5.74, 6) is 1.56. The summed E-state index contributed by atoms with van der Waals surface area (Å²) in [5.41, 5.74) is 3.41. The number of hydrogen-bond acceptors (Lipinski definition) is 3. The predicted molar refractivity (Wildman–Crippen MR) is 80.1 cm³/mol. The smallest absolute Gasteiger partial charge is 0.222 e. The van der Waals surface area contributed by atoms with Crippen LogP contribution in [0.1, 0.15) is 29.5 Å². The van der Waals surface area contributed by atoms with Crippen LogP contribution in [0.5, 0.6) is 11.6 Å². The lowest BCUT2D eigenvalue weighted by Crippen LogP contribution is -2.15. The largest absolute Gasteiger partial charge is 0.438 e. The summed E-state index contributed by atoms with van der Waals surface area (Å²) in [7, 11) is 0. The lowest BCUT2D eigenvalue weighted by molar-refractivity contribution is 0.455. The molecule has 1 aromatic heterocycles. The van der Waals surface area contributed by atoms with Gasteiger partial charge in [-0.1, -0.05) is 18.2 Å². The van der Waals surface area contributed by atoms with Crippen LogP contribution in [0.25, 0.3) is 0 Å². The molecule has 0 aliphatic heterocycles.